The van der Waals surface area contributed by atoms with Gasteiger partial charge in [-0.1, -0.05) is 24.3 Å². The molecular weight excluding hydrogens is 250 g/mol. The van der Waals surface area contributed by atoms with Crippen molar-refractivity contribution in [2.24, 2.45) is 0 Å². The first-order valence-electron chi connectivity index (χ1n) is 6.78. The average molecular weight is 271 g/mol. The van der Waals surface area contributed by atoms with E-state index in [0.29, 0.717) is 0 Å². The Kier molecular flexibility index (Phi) is 4.82. The van der Waals surface area contributed by atoms with Gasteiger partial charge in [-0.25, -0.2) is 4.98 Å². The highest BCUT2D eigenvalue weighted by Crippen LogP contribution is 2.21. The second-order valence-electron chi connectivity index (χ2n) is 4.58. The van der Waals surface area contributed by atoms with E-state index in [4.69, 9.17) is 4.74 Å². The van der Waals surface area contributed by atoms with Crippen molar-refractivity contribution in [3.63, 3.8) is 0 Å². The van der Waals surface area contributed by atoms with Gasteiger partial charge in [0.15, 0.2) is 0 Å². The van der Waals surface area contributed by atoms with E-state index < -0.39 is 0 Å². The van der Waals surface area contributed by atoms with Gasteiger partial charge in [0.2, 0.25) is 0 Å². The summed E-state index contributed by atoms with van der Waals surface area (Å²) in [6.07, 6.45) is 0. The Morgan fingerprint density at radius 3 is 2.70 bits per heavy atom. The summed E-state index contributed by atoms with van der Waals surface area (Å²) >= 11 is 0. The Bertz CT molecular complexity index is 557. The molecule has 0 aliphatic rings. The number of pyridine rings is 1. The number of ether oxygens (including phenoxy) is 1. The summed E-state index contributed by atoms with van der Waals surface area (Å²) in [6, 6.07) is 14.1. The molecule has 1 aromatic carbocycles. The van der Waals surface area contributed by atoms with Gasteiger partial charge in [0.25, 0.3) is 0 Å². The van der Waals surface area contributed by atoms with Crippen molar-refractivity contribution >= 4 is 11.6 Å². The molecule has 0 fully saturated rings. The minimum Gasteiger partial charge on any atom is -0.496 e. The number of benzene rings is 1. The largest absolute Gasteiger partial charge is 0.496 e. The van der Waals surface area contributed by atoms with Crippen LogP contribution >= 0.6 is 0 Å². The van der Waals surface area contributed by atoms with Gasteiger partial charge in [-0.15, -0.1) is 0 Å². The average Bonchev–Trinajstić information content (AvgIpc) is 2.48. The first-order chi connectivity index (χ1) is 9.74. The van der Waals surface area contributed by atoms with Crippen LogP contribution in [0.15, 0.2) is 42.5 Å². The third-order valence-electron chi connectivity index (χ3n) is 3.08. The third-order valence-corrected chi connectivity index (χ3v) is 3.08. The molecule has 0 unspecified atom stereocenters. The van der Waals surface area contributed by atoms with Gasteiger partial charge in [-0.3, -0.25) is 0 Å². The molecule has 2 aromatic rings. The zero-order valence-electron chi connectivity index (χ0n) is 12.3. The predicted molar refractivity (Wildman–Crippen MR) is 83.5 cm³/mol. The summed E-state index contributed by atoms with van der Waals surface area (Å²) in [7, 11) is 3.73. The number of hydrogen-bond acceptors (Lipinski definition) is 4. The second kappa shape index (κ2) is 6.80. The van der Waals surface area contributed by atoms with Gasteiger partial charge < -0.3 is 15.0 Å². The number of hydrogen-bond donors (Lipinski definition) is 1. The van der Waals surface area contributed by atoms with Crippen LogP contribution in [0.25, 0.3) is 0 Å². The van der Waals surface area contributed by atoms with E-state index in [-0.39, 0.29) is 0 Å². The number of methoxy groups -OCH3 is 1. The summed E-state index contributed by atoms with van der Waals surface area (Å²) in [6.45, 7) is 3.69. The molecule has 1 N–H and O–H groups in total. The van der Waals surface area contributed by atoms with Crippen molar-refractivity contribution in [1.29, 1.82) is 0 Å². The molecule has 0 amide bonds. The van der Waals surface area contributed by atoms with Crippen LogP contribution in [0.3, 0.4) is 0 Å². The highest BCUT2D eigenvalue weighted by molar-refractivity contribution is 5.48. The van der Waals surface area contributed by atoms with Crippen molar-refractivity contribution in [3.05, 3.63) is 48.0 Å². The minimum atomic E-state index is 0.757. The van der Waals surface area contributed by atoms with Crippen LogP contribution in [0.1, 0.15) is 12.5 Å². The van der Waals surface area contributed by atoms with E-state index in [2.05, 4.69) is 28.2 Å². The molecule has 4 heteroatoms. The Labute approximate surface area is 120 Å². The zero-order valence-corrected chi connectivity index (χ0v) is 12.3. The fourth-order valence-electron chi connectivity index (χ4n) is 2.09. The van der Waals surface area contributed by atoms with Crippen molar-refractivity contribution in [2.75, 3.05) is 30.9 Å². The highest BCUT2D eigenvalue weighted by atomic mass is 16.5. The Hall–Kier alpha value is -2.23. The molecule has 0 radical (unpaired) electrons. The minimum absolute atomic E-state index is 0.757. The summed E-state index contributed by atoms with van der Waals surface area (Å²) in [5, 5.41) is 3.23. The topological polar surface area (TPSA) is 37.4 Å². The normalized spacial score (nSPS) is 10.2. The molecule has 2 rings (SSSR count). The molecule has 0 aliphatic carbocycles. The standard InChI is InChI=1S/C16H21N3O/c1-4-17-15-10-7-11-16(18-15)19(2)12-13-8-5-6-9-14(13)20-3/h5-11H,4,12H2,1-3H3,(H,17,18). The number of nitrogens with one attached hydrogen (secondary N) is 1. The summed E-state index contributed by atoms with van der Waals surface area (Å²) in [5.74, 6) is 2.74. The maximum atomic E-state index is 5.38. The lowest BCUT2D eigenvalue weighted by atomic mass is 10.2. The number of aromatic nitrogens is 1. The second-order valence-corrected chi connectivity index (χ2v) is 4.58. The van der Waals surface area contributed by atoms with Crippen LogP contribution in [0, 0.1) is 0 Å². The lowest BCUT2D eigenvalue weighted by molar-refractivity contribution is 0.409. The van der Waals surface area contributed by atoms with Gasteiger partial charge in [0.1, 0.15) is 17.4 Å². The maximum absolute atomic E-state index is 5.38. The maximum Gasteiger partial charge on any atom is 0.130 e. The summed E-state index contributed by atoms with van der Waals surface area (Å²) < 4.78 is 5.38. The fraction of sp³-hybridized carbons (Fsp3) is 0.312. The van der Waals surface area contributed by atoms with E-state index in [1.54, 1.807) is 7.11 Å². The molecule has 0 bridgehead atoms. The molecule has 0 saturated heterocycles. The van der Waals surface area contributed by atoms with Crippen molar-refractivity contribution in [3.8, 4) is 5.75 Å². The predicted octanol–water partition coefficient (Wildman–Crippen LogP) is 3.16. The molecule has 0 atom stereocenters. The van der Waals surface area contributed by atoms with Crippen molar-refractivity contribution < 1.29 is 4.74 Å². The van der Waals surface area contributed by atoms with E-state index >= 15 is 0 Å². The lowest BCUT2D eigenvalue weighted by Crippen LogP contribution is -2.18. The number of para-hydroxylation sites is 1. The SMILES string of the molecule is CCNc1cccc(N(C)Cc2ccccc2OC)n1. The highest BCUT2D eigenvalue weighted by Gasteiger charge is 2.08. The number of rotatable bonds is 6. The van der Waals surface area contributed by atoms with Crippen LogP contribution in [0.2, 0.25) is 0 Å². The van der Waals surface area contributed by atoms with Gasteiger partial charge in [0.05, 0.1) is 7.11 Å². The Balaban J connectivity index is 2.15. The molecule has 20 heavy (non-hydrogen) atoms. The number of nitrogens with zero attached hydrogens (tertiary/aromatic N) is 2. The third kappa shape index (κ3) is 3.41. The quantitative estimate of drug-likeness (QED) is 0.875. The smallest absolute Gasteiger partial charge is 0.130 e. The molecule has 0 spiro atoms. The molecule has 0 aliphatic heterocycles. The lowest BCUT2D eigenvalue weighted by Gasteiger charge is -2.20. The van der Waals surface area contributed by atoms with Crippen LogP contribution in [-0.4, -0.2) is 25.7 Å². The Morgan fingerprint density at radius 1 is 1.15 bits per heavy atom. The zero-order chi connectivity index (χ0) is 14.4. The van der Waals surface area contributed by atoms with Crippen LogP contribution in [0.4, 0.5) is 11.6 Å². The van der Waals surface area contributed by atoms with Crippen LogP contribution in [-0.2, 0) is 6.54 Å². The molecule has 106 valence electrons. The first-order valence-corrected chi connectivity index (χ1v) is 6.78. The number of anilines is 2. The van der Waals surface area contributed by atoms with E-state index in [9.17, 15) is 0 Å². The van der Waals surface area contributed by atoms with Crippen LogP contribution < -0.4 is 15.0 Å². The van der Waals surface area contributed by atoms with Gasteiger partial charge in [-0.2, -0.15) is 0 Å². The first kappa shape index (κ1) is 14.2. The molecule has 4 nitrogen and oxygen atoms in total. The molecular formula is C16H21N3O. The molecule has 0 saturated carbocycles. The molecule has 1 heterocycles. The van der Waals surface area contributed by atoms with E-state index in [0.717, 1.165) is 36.0 Å². The van der Waals surface area contributed by atoms with Gasteiger partial charge in [0, 0.05) is 25.7 Å². The Morgan fingerprint density at radius 2 is 1.95 bits per heavy atom. The monoisotopic (exact) mass is 271 g/mol. The fourth-order valence-corrected chi connectivity index (χ4v) is 2.09. The van der Waals surface area contributed by atoms with Crippen molar-refractivity contribution in [1.82, 2.24) is 4.98 Å². The van der Waals surface area contributed by atoms with Gasteiger partial charge in [-0.05, 0) is 25.1 Å². The summed E-state index contributed by atoms with van der Waals surface area (Å²) in [5.41, 5.74) is 1.15. The van der Waals surface area contributed by atoms with Gasteiger partial charge >= 0.3 is 0 Å². The molecule has 1 aromatic heterocycles. The van der Waals surface area contributed by atoms with E-state index in [1.165, 1.54) is 0 Å². The van der Waals surface area contributed by atoms with Crippen LogP contribution in [0.5, 0.6) is 5.75 Å². The van der Waals surface area contributed by atoms with E-state index in [1.807, 2.05) is 43.4 Å². The van der Waals surface area contributed by atoms with Crippen molar-refractivity contribution in [2.45, 2.75) is 13.5 Å². The summed E-state index contributed by atoms with van der Waals surface area (Å²) in [4.78, 5) is 6.70.